The van der Waals surface area contributed by atoms with Gasteiger partial charge in [-0.1, -0.05) is 26.3 Å². The van der Waals surface area contributed by atoms with Gasteiger partial charge in [-0.05, 0) is 36.1 Å². The zero-order valence-electron chi connectivity index (χ0n) is 7.73. The van der Waals surface area contributed by atoms with Crippen molar-refractivity contribution in [2.24, 2.45) is 0 Å². The Morgan fingerprint density at radius 2 is 1.92 bits per heavy atom. The topological polar surface area (TPSA) is 0 Å². The van der Waals surface area contributed by atoms with E-state index in [4.69, 9.17) is 0 Å². The van der Waals surface area contributed by atoms with E-state index in [1.54, 1.807) is 6.07 Å². The van der Waals surface area contributed by atoms with Crippen LogP contribution in [0.4, 0.5) is 4.39 Å². The smallest absolute Gasteiger partial charge is 0.123 e. The third-order valence-electron chi connectivity index (χ3n) is 2.07. The fourth-order valence-corrected chi connectivity index (χ4v) is 1.44. The third kappa shape index (κ3) is 2.07. The highest BCUT2D eigenvalue weighted by Gasteiger charge is 2.00. The highest BCUT2D eigenvalue weighted by atomic mass is 19.1. The van der Waals surface area contributed by atoms with Crippen molar-refractivity contribution in [1.29, 1.82) is 0 Å². The van der Waals surface area contributed by atoms with Crippen LogP contribution < -0.4 is 0 Å². The van der Waals surface area contributed by atoms with Gasteiger partial charge in [-0.25, -0.2) is 4.39 Å². The monoisotopic (exact) mass is 166 g/mol. The van der Waals surface area contributed by atoms with Crippen LogP contribution in [0.3, 0.4) is 0 Å². The molecule has 0 aromatic heterocycles. The van der Waals surface area contributed by atoms with Gasteiger partial charge in [-0.15, -0.1) is 0 Å². The number of halogens is 1. The highest BCUT2D eigenvalue weighted by molar-refractivity contribution is 5.27. The molecule has 0 unspecified atom stereocenters. The summed E-state index contributed by atoms with van der Waals surface area (Å²) in [5.41, 5.74) is 2.44. The van der Waals surface area contributed by atoms with Gasteiger partial charge < -0.3 is 0 Å². The van der Waals surface area contributed by atoms with E-state index in [0.29, 0.717) is 0 Å². The summed E-state index contributed by atoms with van der Waals surface area (Å²) in [7, 11) is 0. The van der Waals surface area contributed by atoms with Crippen LogP contribution in [0.2, 0.25) is 0 Å². The Bertz CT molecular complexity index is 253. The maximum Gasteiger partial charge on any atom is 0.123 e. The van der Waals surface area contributed by atoms with E-state index >= 15 is 0 Å². The summed E-state index contributed by atoms with van der Waals surface area (Å²) in [6.07, 6.45) is 3.06. The van der Waals surface area contributed by atoms with Crippen LogP contribution in [0.5, 0.6) is 0 Å². The molecule has 0 radical (unpaired) electrons. The van der Waals surface area contributed by atoms with Gasteiger partial charge in [0.15, 0.2) is 0 Å². The molecule has 0 amide bonds. The maximum atomic E-state index is 12.8. The van der Waals surface area contributed by atoms with E-state index in [1.807, 2.05) is 6.07 Å². The van der Waals surface area contributed by atoms with E-state index < -0.39 is 0 Å². The molecule has 1 aromatic rings. The molecule has 0 heterocycles. The lowest BCUT2D eigenvalue weighted by Gasteiger charge is -2.05. The molecule has 0 nitrogen and oxygen atoms in total. The summed E-state index contributed by atoms with van der Waals surface area (Å²) < 4.78 is 12.8. The molecule has 0 atom stereocenters. The second-order valence-electron chi connectivity index (χ2n) is 3.02. The lowest BCUT2D eigenvalue weighted by molar-refractivity contribution is 0.623. The van der Waals surface area contributed by atoms with Crippen molar-refractivity contribution in [2.75, 3.05) is 0 Å². The SMILES string of the molecule is CCCc1cc(F)ccc1CC. The van der Waals surface area contributed by atoms with Crippen molar-refractivity contribution in [3.8, 4) is 0 Å². The van der Waals surface area contributed by atoms with Crippen molar-refractivity contribution in [3.63, 3.8) is 0 Å². The molecule has 0 fully saturated rings. The number of benzene rings is 1. The average Bonchev–Trinajstić information content (AvgIpc) is 2.05. The maximum absolute atomic E-state index is 12.8. The summed E-state index contributed by atoms with van der Waals surface area (Å²) in [5.74, 6) is -0.115. The Labute approximate surface area is 73.4 Å². The van der Waals surface area contributed by atoms with Gasteiger partial charge in [0.05, 0.1) is 0 Å². The number of aryl methyl sites for hydroxylation is 2. The van der Waals surface area contributed by atoms with Crippen LogP contribution in [0, 0.1) is 5.82 Å². The molecule has 0 aliphatic heterocycles. The molecular formula is C11H15F. The molecule has 1 heteroatoms. The minimum absolute atomic E-state index is 0.115. The van der Waals surface area contributed by atoms with Gasteiger partial charge in [0.25, 0.3) is 0 Å². The first kappa shape index (κ1) is 9.24. The Morgan fingerprint density at radius 3 is 2.50 bits per heavy atom. The zero-order chi connectivity index (χ0) is 8.97. The van der Waals surface area contributed by atoms with E-state index in [0.717, 1.165) is 19.3 Å². The minimum Gasteiger partial charge on any atom is -0.207 e. The Balaban J connectivity index is 2.95. The molecule has 0 saturated carbocycles. The number of hydrogen-bond acceptors (Lipinski definition) is 0. The lowest BCUT2D eigenvalue weighted by Crippen LogP contribution is -1.93. The third-order valence-corrected chi connectivity index (χ3v) is 2.07. The molecular weight excluding hydrogens is 151 g/mol. The molecule has 0 spiro atoms. The summed E-state index contributed by atoms with van der Waals surface area (Å²) in [4.78, 5) is 0. The fraction of sp³-hybridized carbons (Fsp3) is 0.455. The summed E-state index contributed by atoms with van der Waals surface area (Å²) in [6, 6.07) is 5.08. The minimum atomic E-state index is -0.115. The van der Waals surface area contributed by atoms with Crippen molar-refractivity contribution in [1.82, 2.24) is 0 Å². The molecule has 0 N–H and O–H groups in total. The van der Waals surface area contributed by atoms with Crippen molar-refractivity contribution in [2.45, 2.75) is 33.1 Å². The highest BCUT2D eigenvalue weighted by Crippen LogP contribution is 2.13. The number of hydrogen-bond donors (Lipinski definition) is 0. The summed E-state index contributed by atoms with van der Waals surface area (Å²) >= 11 is 0. The van der Waals surface area contributed by atoms with Gasteiger partial charge in [-0.2, -0.15) is 0 Å². The van der Waals surface area contributed by atoms with Crippen LogP contribution >= 0.6 is 0 Å². The van der Waals surface area contributed by atoms with Gasteiger partial charge in [0, 0.05) is 0 Å². The second-order valence-corrected chi connectivity index (χ2v) is 3.02. The Kier molecular flexibility index (Phi) is 3.27. The first-order valence-electron chi connectivity index (χ1n) is 4.55. The zero-order valence-corrected chi connectivity index (χ0v) is 7.73. The van der Waals surface area contributed by atoms with E-state index in [2.05, 4.69) is 13.8 Å². The Hall–Kier alpha value is -0.850. The molecule has 0 bridgehead atoms. The van der Waals surface area contributed by atoms with Gasteiger partial charge in [-0.3, -0.25) is 0 Å². The quantitative estimate of drug-likeness (QED) is 0.646. The molecule has 1 rings (SSSR count). The van der Waals surface area contributed by atoms with E-state index in [-0.39, 0.29) is 5.82 Å². The average molecular weight is 166 g/mol. The normalized spacial score (nSPS) is 10.2. The summed E-state index contributed by atoms with van der Waals surface area (Å²) in [5, 5.41) is 0. The number of rotatable bonds is 3. The predicted octanol–water partition coefficient (Wildman–Crippen LogP) is 3.34. The molecule has 0 saturated heterocycles. The first-order valence-corrected chi connectivity index (χ1v) is 4.55. The van der Waals surface area contributed by atoms with Gasteiger partial charge in [0.1, 0.15) is 5.82 Å². The van der Waals surface area contributed by atoms with Crippen LogP contribution in [0.15, 0.2) is 18.2 Å². The molecule has 0 aliphatic carbocycles. The first-order chi connectivity index (χ1) is 5.77. The van der Waals surface area contributed by atoms with Gasteiger partial charge >= 0.3 is 0 Å². The predicted molar refractivity (Wildman–Crippen MR) is 49.8 cm³/mol. The second kappa shape index (κ2) is 4.24. The van der Waals surface area contributed by atoms with E-state index in [9.17, 15) is 4.39 Å². The van der Waals surface area contributed by atoms with E-state index in [1.165, 1.54) is 17.2 Å². The Morgan fingerprint density at radius 1 is 1.17 bits per heavy atom. The van der Waals surface area contributed by atoms with Crippen molar-refractivity contribution < 1.29 is 4.39 Å². The molecule has 12 heavy (non-hydrogen) atoms. The van der Waals surface area contributed by atoms with Gasteiger partial charge in [0.2, 0.25) is 0 Å². The van der Waals surface area contributed by atoms with Crippen LogP contribution in [0.25, 0.3) is 0 Å². The summed E-state index contributed by atoms with van der Waals surface area (Å²) in [6.45, 7) is 4.22. The lowest BCUT2D eigenvalue weighted by atomic mass is 10.0. The molecule has 0 aliphatic rings. The largest absolute Gasteiger partial charge is 0.207 e. The molecule has 1 aromatic carbocycles. The molecule has 66 valence electrons. The van der Waals surface area contributed by atoms with Crippen LogP contribution in [-0.4, -0.2) is 0 Å². The van der Waals surface area contributed by atoms with Crippen molar-refractivity contribution in [3.05, 3.63) is 35.1 Å². The fourth-order valence-electron chi connectivity index (χ4n) is 1.44. The van der Waals surface area contributed by atoms with Crippen LogP contribution in [0.1, 0.15) is 31.4 Å². The van der Waals surface area contributed by atoms with Crippen molar-refractivity contribution >= 4 is 0 Å². The van der Waals surface area contributed by atoms with Crippen LogP contribution in [-0.2, 0) is 12.8 Å². The standard InChI is InChI=1S/C11H15F/c1-3-5-10-8-11(12)7-6-9(10)4-2/h6-8H,3-5H2,1-2H3.